The van der Waals surface area contributed by atoms with Gasteiger partial charge in [-0.3, -0.25) is 0 Å². The Morgan fingerprint density at radius 1 is 0.810 bits per heavy atom. The molecule has 0 saturated heterocycles. The fraction of sp³-hybridized carbons (Fsp3) is 0.667. The number of benzene rings is 1. The van der Waals surface area contributed by atoms with E-state index in [2.05, 4.69) is 27.7 Å². The predicted octanol–water partition coefficient (Wildman–Crippen LogP) is 4.13. The van der Waals surface area contributed by atoms with Crippen LogP contribution in [0.25, 0.3) is 0 Å². The molecule has 0 aromatic heterocycles. The highest BCUT2D eigenvalue weighted by Crippen LogP contribution is 2.54. The van der Waals surface area contributed by atoms with E-state index in [0.29, 0.717) is 0 Å². The van der Waals surface area contributed by atoms with Crippen LogP contribution in [0.4, 0.5) is 0 Å². The second-order valence-corrected chi connectivity index (χ2v) is 7.99. The summed E-state index contributed by atoms with van der Waals surface area (Å²) < 4.78 is 10.7. The second-order valence-electron chi connectivity index (χ2n) is 7.99. The molecule has 1 saturated carbocycles. The lowest BCUT2D eigenvalue weighted by Gasteiger charge is -2.49. The number of rotatable bonds is 3. The van der Waals surface area contributed by atoms with E-state index in [1.54, 1.807) is 14.2 Å². The largest absolute Gasteiger partial charge is 0.497 e. The van der Waals surface area contributed by atoms with Crippen LogP contribution in [0.5, 0.6) is 11.5 Å². The maximum atomic E-state index is 11.3. The first-order valence-electron chi connectivity index (χ1n) is 7.55. The standard InChI is InChI=1S/C18H28O3/c1-16(2)10-17(3,4)12-18(19,11-16)13-7-14(20-5)9-15(8-13)21-6/h7-9,19H,10-12H2,1-6H3. The molecule has 3 nitrogen and oxygen atoms in total. The Kier molecular flexibility index (Phi) is 4.00. The summed E-state index contributed by atoms with van der Waals surface area (Å²) in [4.78, 5) is 0. The summed E-state index contributed by atoms with van der Waals surface area (Å²) in [5.74, 6) is 1.44. The summed E-state index contributed by atoms with van der Waals surface area (Å²) in [5.41, 5.74) is 0.256. The minimum atomic E-state index is -0.840. The molecule has 2 rings (SSSR count). The SMILES string of the molecule is COc1cc(OC)cc(C2(O)CC(C)(C)CC(C)(C)C2)c1. The average Bonchev–Trinajstić information content (AvgIpc) is 2.33. The van der Waals surface area contributed by atoms with E-state index in [1.165, 1.54) is 0 Å². The molecule has 118 valence electrons. The Morgan fingerprint density at radius 3 is 1.62 bits per heavy atom. The van der Waals surface area contributed by atoms with Crippen LogP contribution in [0.1, 0.15) is 52.5 Å². The zero-order valence-corrected chi connectivity index (χ0v) is 14.1. The topological polar surface area (TPSA) is 38.7 Å². The number of hydrogen-bond acceptors (Lipinski definition) is 3. The first-order valence-corrected chi connectivity index (χ1v) is 7.55. The van der Waals surface area contributed by atoms with E-state index in [9.17, 15) is 5.11 Å². The lowest BCUT2D eigenvalue weighted by Crippen LogP contribution is -2.44. The smallest absolute Gasteiger partial charge is 0.122 e. The van der Waals surface area contributed by atoms with E-state index in [-0.39, 0.29) is 10.8 Å². The van der Waals surface area contributed by atoms with Gasteiger partial charge < -0.3 is 14.6 Å². The van der Waals surface area contributed by atoms with Gasteiger partial charge in [0.15, 0.2) is 0 Å². The van der Waals surface area contributed by atoms with E-state index in [4.69, 9.17) is 9.47 Å². The van der Waals surface area contributed by atoms with Gasteiger partial charge in [0, 0.05) is 6.07 Å². The van der Waals surface area contributed by atoms with Crippen LogP contribution in [-0.2, 0) is 5.60 Å². The molecule has 0 atom stereocenters. The Hall–Kier alpha value is -1.22. The third-order valence-corrected chi connectivity index (χ3v) is 4.39. The van der Waals surface area contributed by atoms with Gasteiger partial charge in [0.1, 0.15) is 11.5 Å². The Labute approximate surface area is 128 Å². The molecule has 1 aromatic rings. The van der Waals surface area contributed by atoms with Gasteiger partial charge in [-0.25, -0.2) is 0 Å². The van der Waals surface area contributed by atoms with Crippen molar-refractivity contribution in [2.75, 3.05) is 14.2 Å². The van der Waals surface area contributed by atoms with Crippen molar-refractivity contribution in [2.24, 2.45) is 10.8 Å². The van der Waals surface area contributed by atoms with Crippen LogP contribution in [0, 0.1) is 10.8 Å². The van der Waals surface area contributed by atoms with Gasteiger partial charge in [-0.1, -0.05) is 27.7 Å². The second kappa shape index (κ2) is 5.20. The van der Waals surface area contributed by atoms with Crippen molar-refractivity contribution < 1.29 is 14.6 Å². The van der Waals surface area contributed by atoms with Gasteiger partial charge in [0.25, 0.3) is 0 Å². The molecular weight excluding hydrogens is 264 g/mol. The van der Waals surface area contributed by atoms with E-state index >= 15 is 0 Å². The Morgan fingerprint density at radius 2 is 1.24 bits per heavy atom. The first kappa shape index (κ1) is 16.2. The van der Waals surface area contributed by atoms with Gasteiger partial charge in [-0.2, -0.15) is 0 Å². The quantitative estimate of drug-likeness (QED) is 0.910. The Balaban J connectivity index is 2.47. The van der Waals surface area contributed by atoms with Gasteiger partial charge in [-0.15, -0.1) is 0 Å². The number of methoxy groups -OCH3 is 2. The molecule has 0 bridgehead atoms. The summed E-state index contributed by atoms with van der Waals surface area (Å²) in [6, 6.07) is 5.70. The zero-order chi connectivity index (χ0) is 15.9. The summed E-state index contributed by atoms with van der Waals surface area (Å²) in [6.07, 6.45) is 2.61. The lowest BCUT2D eigenvalue weighted by atomic mass is 9.58. The van der Waals surface area contributed by atoms with Crippen molar-refractivity contribution in [2.45, 2.75) is 52.6 Å². The van der Waals surface area contributed by atoms with E-state index in [0.717, 1.165) is 36.3 Å². The fourth-order valence-corrected chi connectivity index (χ4v) is 4.35. The summed E-state index contributed by atoms with van der Waals surface area (Å²) >= 11 is 0. The lowest BCUT2D eigenvalue weighted by molar-refractivity contribution is -0.0914. The highest BCUT2D eigenvalue weighted by molar-refractivity contribution is 5.41. The molecule has 21 heavy (non-hydrogen) atoms. The van der Waals surface area contributed by atoms with Crippen molar-refractivity contribution in [3.05, 3.63) is 23.8 Å². The van der Waals surface area contributed by atoms with Crippen molar-refractivity contribution >= 4 is 0 Å². The Bertz CT molecular complexity index is 479. The molecule has 0 radical (unpaired) electrons. The van der Waals surface area contributed by atoms with Crippen molar-refractivity contribution in [1.82, 2.24) is 0 Å². The molecule has 1 N–H and O–H groups in total. The normalized spacial score (nSPS) is 22.6. The monoisotopic (exact) mass is 292 g/mol. The molecule has 0 amide bonds. The first-order chi connectivity index (χ1) is 9.59. The minimum Gasteiger partial charge on any atom is -0.497 e. The van der Waals surface area contributed by atoms with Crippen LogP contribution in [0.2, 0.25) is 0 Å². The van der Waals surface area contributed by atoms with Gasteiger partial charge in [0.05, 0.1) is 19.8 Å². The van der Waals surface area contributed by atoms with Crippen LogP contribution in [0.15, 0.2) is 18.2 Å². The molecule has 0 spiro atoms. The number of aliphatic hydroxyl groups is 1. The molecule has 0 unspecified atom stereocenters. The molecule has 1 fully saturated rings. The summed E-state index contributed by atoms with van der Waals surface area (Å²) in [7, 11) is 3.27. The van der Waals surface area contributed by atoms with Crippen LogP contribution >= 0.6 is 0 Å². The zero-order valence-electron chi connectivity index (χ0n) is 14.1. The molecule has 0 heterocycles. The van der Waals surface area contributed by atoms with Crippen molar-refractivity contribution in [3.63, 3.8) is 0 Å². The number of hydrogen-bond donors (Lipinski definition) is 1. The summed E-state index contributed by atoms with van der Waals surface area (Å²) in [5, 5.41) is 11.3. The van der Waals surface area contributed by atoms with E-state index in [1.807, 2.05) is 18.2 Å². The molecule has 1 aromatic carbocycles. The summed E-state index contributed by atoms with van der Waals surface area (Å²) in [6.45, 7) is 8.93. The molecule has 1 aliphatic rings. The molecule has 3 heteroatoms. The predicted molar refractivity (Wildman–Crippen MR) is 84.9 cm³/mol. The van der Waals surface area contributed by atoms with Crippen molar-refractivity contribution in [1.29, 1.82) is 0 Å². The van der Waals surface area contributed by atoms with Crippen LogP contribution in [-0.4, -0.2) is 19.3 Å². The third kappa shape index (κ3) is 3.52. The number of ether oxygens (including phenoxy) is 2. The third-order valence-electron chi connectivity index (χ3n) is 4.39. The van der Waals surface area contributed by atoms with Gasteiger partial charge in [0.2, 0.25) is 0 Å². The molecule has 1 aliphatic carbocycles. The van der Waals surface area contributed by atoms with Gasteiger partial charge in [-0.05, 0) is 47.8 Å². The van der Waals surface area contributed by atoms with Gasteiger partial charge >= 0.3 is 0 Å². The van der Waals surface area contributed by atoms with Crippen LogP contribution in [0.3, 0.4) is 0 Å². The molecule has 0 aliphatic heterocycles. The minimum absolute atomic E-state index is 0.104. The highest BCUT2D eigenvalue weighted by atomic mass is 16.5. The van der Waals surface area contributed by atoms with E-state index < -0.39 is 5.60 Å². The maximum Gasteiger partial charge on any atom is 0.122 e. The highest BCUT2D eigenvalue weighted by Gasteiger charge is 2.47. The fourth-order valence-electron chi connectivity index (χ4n) is 4.35. The molecular formula is C18H28O3. The van der Waals surface area contributed by atoms with Crippen molar-refractivity contribution in [3.8, 4) is 11.5 Å². The van der Waals surface area contributed by atoms with Crippen LogP contribution < -0.4 is 9.47 Å². The average molecular weight is 292 g/mol. The maximum absolute atomic E-state index is 11.3.